The number of aromatic nitrogens is 1. The number of hydrogen-bond donors (Lipinski definition) is 0. The molecule has 0 unspecified atom stereocenters. The molecule has 0 N–H and O–H groups in total. The molecule has 1 spiro atoms. The molecular weight excluding hydrogens is 1100 g/mol. The van der Waals surface area contributed by atoms with Gasteiger partial charge in [-0.15, -0.1) is 0 Å². The Labute approximate surface area is 551 Å². The summed E-state index contributed by atoms with van der Waals surface area (Å²) in [5.74, 6) is 1.34. The molecule has 3 nitrogen and oxygen atoms in total. The van der Waals surface area contributed by atoms with E-state index in [1.165, 1.54) is 27.8 Å². The lowest BCUT2D eigenvalue weighted by Crippen LogP contribution is -2.65. The van der Waals surface area contributed by atoms with Gasteiger partial charge in [-0.2, -0.15) is 0 Å². The quantitative estimate of drug-likeness (QED) is 0.160. The summed E-state index contributed by atoms with van der Waals surface area (Å²) in [4.78, 5) is 2.58. The van der Waals surface area contributed by atoms with Gasteiger partial charge in [0.2, 0.25) is 6.71 Å². The predicted octanol–water partition coefficient (Wildman–Crippen LogP) is 21.4. The molecule has 0 amide bonds. The van der Waals surface area contributed by atoms with Crippen LogP contribution in [0.15, 0.2) is 230 Å². The number of nitrogens with zero attached hydrogens (tertiary/aromatic N) is 2. The Morgan fingerprint density at radius 3 is 1.40 bits per heavy atom. The minimum absolute atomic E-state index is 0.0223. The van der Waals surface area contributed by atoms with Gasteiger partial charge in [0.15, 0.2) is 0 Å². The van der Waals surface area contributed by atoms with Gasteiger partial charge in [-0.05, 0) is 171 Å². The van der Waals surface area contributed by atoms with Gasteiger partial charge in [0.05, 0.1) is 33.1 Å². The van der Waals surface area contributed by atoms with Crippen molar-refractivity contribution < 1.29 is 15.7 Å². The molecule has 0 aliphatic carbocycles. The fourth-order valence-electron chi connectivity index (χ4n) is 14.7. The minimum atomic E-state index is -1.21. The molecule has 0 saturated carbocycles. The molecule has 4 heteroatoms. The molecule has 0 bridgehead atoms. The Kier molecular flexibility index (Phi) is 11.2. The van der Waals surface area contributed by atoms with E-state index in [1.54, 1.807) is 4.57 Å². The van der Waals surface area contributed by atoms with Crippen LogP contribution in [0.1, 0.15) is 165 Å². The van der Waals surface area contributed by atoms with Crippen molar-refractivity contribution in [1.82, 2.24) is 4.57 Å². The van der Waals surface area contributed by atoms with Gasteiger partial charge in [-0.3, -0.25) is 0 Å². The van der Waals surface area contributed by atoms with E-state index in [9.17, 15) is 8.22 Å². The van der Waals surface area contributed by atoms with Crippen LogP contribution >= 0.6 is 0 Å². The zero-order valence-electron chi connectivity index (χ0n) is 63.2. The molecule has 15 rings (SSSR count). The third-order valence-electron chi connectivity index (χ3n) is 19.7. The highest BCUT2D eigenvalue weighted by Crippen LogP contribution is 2.59. The Morgan fingerprint density at radius 1 is 0.363 bits per heavy atom. The highest BCUT2D eigenvalue weighted by atomic mass is 16.5. The maximum atomic E-state index is 9.77. The maximum Gasteiger partial charge on any atom is 0.247 e. The van der Waals surface area contributed by atoms with Crippen molar-refractivity contribution in [3.63, 3.8) is 0 Å². The van der Waals surface area contributed by atoms with Crippen molar-refractivity contribution in [3.05, 3.63) is 280 Å². The highest BCUT2D eigenvalue weighted by molar-refractivity contribution is 6.99. The topological polar surface area (TPSA) is 17.4 Å². The summed E-state index contributed by atoms with van der Waals surface area (Å²) in [6, 6.07) is 63.8. The van der Waals surface area contributed by atoms with E-state index in [2.05, 4.69) is 260 Å². The summed E-state index contributed by atoms with van der Waals surface area (Å²) in [6.07, 6.45) is 0. The van der Waals surface area contributed by atoms with Crippen LogP contribution in [-0.4, -0.2) is 11.3 Å². The summed E-state index contributed by atoms with van der Waals surface area (Å²) in [5.41, 5.74) is 20.9. The molecule has 450 valence electrons. The average molecular weight is 1190 g/mol. The lowest BCUT2D eigenvalue weighted by atomic mass is 9.29. The number of para-hydroxylation sites is 4. The standard InChI is InChI=1S/C87H83BN2O/c1-82(2,3)59-38-42-76(67(52-59)54-27-17-16-18-28-54)90-77-48-55(56-43-60(83(4,5)6)50-61(44-56)84(7,8)9)37-40-73(77)88-72-41-39-64(89-74-33-23-19-29-65(74)66-30-20-24-34-75(66)89)53-70(72)87(68-31-21-25-35-79(68)91-80-36-26-22-32-69(80)87)71-47-58(49-78(90)81(71)88)57-45-62(85(10,11)12)51-63(46-57)86(13,14)15/h16-53H,1-15H3/i19D,20D,23D,24D,29D,30D,33D,34D. The number of anilines is 3. The summed E-state index contributed by atoms with van der Waals surface area (Å²) >= 11 is 0. The van der Waals surface area contributed by atoms with Gasteiger partial charge in [0, 0.05) is 44.5 Å². The van der Waals surface area contributed by atoms with Gasteiger partial charge in [0.1, 0.15) is 11.5 Å². The van der Waals surface area contributed by atoms with E-state index in [0.29, 0.717) is 17.2 Å². The van der Waals surface area contributed by atoms with Crippen molar-refractivity contribution in [2.24, 2.45) is 0 Å². The second-order valence-electron chi connectivity index (χ2n) is 30.8. The first kappa shape index (κ1) is 49.6. The van der Waals surface area contributed by atoms with E-state index in [-0.39, 0.29) is 73.1 Å². The molecule has 1 aromatic heterocycles. The van der Waals surface area contributed by atoms with Crippen LogP contribution in [0.2, 0.25) is 0 Å². The van der Waals surface area contributed by atoms with Gasteiger partial charge in [0.25, 0.3) is 0 Å². The first-order valence-electron chi connectivity index (χ1n) is 36.3. The molecule has 11 aromatic carbocycles. The lowest BCUT2D eigenvalue weighted by Gasteiger charge is -2.50. The van der Waals surface area contributed by atoms with Crippen molar-refractivity contribution in [1.29, 1.82) is 0 Å². The minimum Gasteiger partial charge on any atom is -0.457 e. The second kappa shape index (κ2) is 20.4. The SMILES string of the molecule is [2H]c1c([2H])c([2H])c2c(c1[2H])c1c([2H])c([2H])c([2H])c([2H])c1n2-c1ccc2c(c1)C1(c3ccccc3Oc3ccccc31)c1cc(-c3cc(C(C)(C)C)cc(C(C)(C)C)c3)cc3c1B2c1ccc(-c2cc(C(C)(C)C)cc(C(C)(C)C)c2)cc1N3c1ccc(C(C)(C)C)cc1-c1ccccc1. The molecule has 3 aliphatic rings. The lowest BCUT2D eigenvalue weighted by molar-refractivity contribution is 0.435. The smallest absolute Gasteiger partial charge is 0.247 e. The fraction of sp³-hybridized carbons (Fsp3) is 0.241. The first-order valence-corrected chi connectivity index (χ1v) is 32.3. The first-order chi connectivity index (χ1) is 46.6. The van der Waals surface area contributed by atoms with Crippen LogP contribution in [0.25, 0.3) is 60.9 Å². The van der Waals surface area contributed by atoms with Crippen LogP contribution in [0.5, 0.6) is 11.5 Å². The highest BCUT2D eigenvalue weighted by Gasteiger charge is 2.55. The van der Waals surface area contributed by atoms with E-state index in [1.807, 2.05) is 30.3 Å². The van der Waals surface area contributed by atoms with Gasteiger partial charge in [-0.25, -0.2) is 0 Å². The molecule has 0 saturated heterocycles. The van der Waals surface area contributed by atoms with Crippen molar-refractivity contribution >= 4 is 62.0 Å². The third-order valence-corrected chi connectivity index (χ3v) is 19.7. The predicted molar refractivity (Wildman–Crippen MR) is 388 cm³/mol. The normalized spacial score (nSPS) is 15.5. The fourth-order valence-corrected chi connectivity index (χ4v) is 14.7. The largest absolute Gasteiger partial charge is 0.457 e. The number of hydrogen-bond acceptors (Lipinski definition) is 2. The average Bonchev–Trinajstić information content (AvgIpc) is 1.34. The van der Waals surface area contributed by atoms with Crippen LogP contribution in [-0.2, 0) is 32.5 Å². The van der Waals surface area contributed by atoms with Crippen LogP contribution in [0.4, 0.5) is 17.1 Å². The summed E-state index contributed by atoms with van der Waals surface area (Å²) in [5, 5.41) is 0.0446. The maximum absolute atomic E-state index is 9.77. The third kappa shape index (κ3) is 9.36. The Balaban J connectivity index is 1.17. The van der Waals surface area contributed by atoms with Crippen LogP contribution < -0.4 is 26.0 Å². The van der Waals surface area contributed by atoms with Gasteiger partial charge < -0.3 is 14.2 Å². The van der Waals surface area contributed by atoms with Crippen molar-refractivity contribution in [2.45, 2.75) is 136 Å². The Bertz CT molecular complexity index is 5250. The summed E-state index contributed by atoms with van der Waals surface area (Å²) in [7, 11) is 0. The molecule has 4 heterocycles. The zero-order valence-corrected chi connectivity index (χ0v) is 55.2. The van der Waals surface area contributed by atoms with E-state index >= 15 is 0 Å². The molecular formula is C87H83BN2O. The molecule has 3 aliphatic heterocycles. The van der Waals surface area contributed by atoms with Crippen molar-refractivity contribution in [2.75, 3.05) is 4.90 Å². The molecule has 91 heavy (non-hydrogen) atoms. The Hall–Kier alpha value is -9.12. The van der Waals surface area contributed by atoms with Gasteiger partial charge >= 0.3 is 0 Å². The Morgan fingerprint density at radius 2 is 0.846 bits per heavy atom. The molecule has 0 radical (unpaired) electrons. The van der Waals surface area contributed by atoms with E-state index in [0.717, 1.165) is 89.1 Å². The number of ether oxygens (including phenoxy) is 1. The zero-order chi connectivity index (χ0) is 70.4. The number of benzene rings is 11. The van der Waals surface area contributed by atoms with Crippen LogP contribution in [0.3, 0.4) is 0 Å². The molecule has 12 aromatic rings. The van der Waals surface area contributed by atoms with Gasteiger partial charge in [-0.1, -0.05) is 273 Å². The monoisotopic (exact) mass is 1190 g/mol. The number of rotatable bonds is 5. The molecule has 0 atom stereocenters. The second-order valence-corrected chi connectivity index (χ2v) is 30.8. The van der Waals surface area contributed by atoms with Crippen LogP contribution in [0, 0.1) is 0 Å². The van der Waals surface area contributed by atoms with E-state index < -0.39 is 36.3 Å². The van der Waals surface area contributed by atoms with Crippen molar-refractivity contribution in [3.8, 4) is 50.6 Å². The number of fused-ring (bicyclic) bond motifs is 13. The molecule has 0 fully saturated rings. The summed E-state index contributed by atoms with van der Waals surface area (Å²) < 4.78 is 83.8. The summed E-state index contributed by atoms with van der Waals surface area (Å²) in [6.45, 7) is 33.9. The van der Waals surface area contributed by atoms with E-state index in [4.69, 9.17) is 7.48 Å².